The topological polar surface area (TPSA) is 40.9 Å². The van der Waals surface area contributed by atoms with Crippen LogP contribution in [-0.4, -0.2) is 5.78 Å². The number of Topliss-reactive ketones (excluding diaryl/α,β-unsaturated/α-hetero) is 1. The van der Waals surface area contributed by atoms with Crippen LogP contribution in [0.4, 0.5) is 0 Å². The molecule has 2 nitrogen and oxygen atoms in total. The Kier molecular flexibility index (Phi) is 6.59. The standard InChI is InChI=1S/C16H20ClNO/c1-12(2)11-16(19)15(5-3-4-10-18)13-6-8-14(17)9-7-13/h6-9,12,15H,3-5,11H2,1-2H3. The molecule has 0 spiro atoms. The van der Waals surface area contributed by atoms with Crippen LogP contribution in [0.1, 0.15) is 51.0 Å². The summed E-state index contributed by atoms with van der Waals surface area (Å²) in [5.74, 6) is 0.515. The maximum atomic E-state index is 12.3. The summed E-state index contributed by atoms with van der Waals surface area (Å²) in [5.41, 5.74) is 1.01. The van der Waals surface area contributed by atoms with Gasteiger partial charge in [0.05, 0.1) is 6.07 Å². The molecule has 0 N–H and O–H groups in total. The zero-order chi connectivity index (χ0) is 14.3. The van der Waals surface area contributed by atoms with Crippen LogP contribution in [-0.2, 0) is 4.79 Å². The third-order valence-electron chi connectivity index (χ3n) is 3.05. The van der Waals surface area contributed by atoms with Gasteiger partial charge < -0.3 is 0 Å². The second kappa shape index (κ2) is 7.96. The van der Waals surface area contributed by atoms with E-state index in [0.29, 0.717) is 23.8 Å². The molecule has 3 heteroatoms. The second-order valence-corrected chi connectivity index (χ2v) is 5.66. The van der Waals surface area contributed by atoms with Crippen molar-refractivity contribution < 1.29 is 4.79 Å². The Labute approximate surface area is 120 Å². The number of hydrogen-bond acceptors (Lipinski definition) is 2. The summed E-state index contributed by atoms with van der Waals surface area (Å²) in [5, 5.41) is 9.29. The van der Waals surface area contributed by atoms with Gasteiger partial charge in [0.1, 0.15) is 5.78 Å². The van der Waals surface area contributed by atoms with Crippen molar-refractivity contribution in [3.63, 3.8) is 0 Å². The number of hydrogen-bond donors (Lipinski definition) is 0. The van der Waals surface area contributed by atoms with Gasteiger partial charge in [0.15, 0.2) is 0 Å². The quantitative estimate of drug-likeness (QED) is 0.676. The van der Waals surface area contributed by atoms with Gasteiger partial charge in [-0.15, -0.1) is 0 Å². The molecule has 0 bridgehead atoms. The van der Waals surface area contributed by atoms with Crippen molar-refractivity contribution in [1.82, 2.24) is 0 Å². The van der Waals surface area contributed by atoms with Crippen molar-refractivity contribution in [2.75, 3.05) is 0 Å². The van der Waals surface area contributed by atoms with Gasteiger partial charge in [-0.05, 0) is 36.5 Å². The van der Waals surface area contributed by atoms with E-state index in [1.54, 1.807) is 0 Å². The van der Waals surface area contributed by atoms with Crippen molar-refractivity contribution in [2.45, 2.75) is 45.4 Å². The van der Waals surface area contributed by atoms with Crippen molar-refractivity contribution in [1.29, 1.82) is 5.26 Å². The van der Waals surface area contributed by atoms with Gasteiger partial charge in [-0.25, -0.2) is 0 Å². The average Bonchev–Trinajstić information content (AvgIpc) is 2.35. The first-order chi connectivity index (χ1) is 9.04. The molecule has 0 radical (unpaired) electrons. The molecule has 0 saturated heterocycles. The molecule has 0 saturated carbocycles. The predicted molar refractivity (Wildman–Crippen MR) is 78.1 cm³/mol. The van der Waals surface area contributed by atoms with Gasteiger partial charge in [-0.2, -0.15) is 5.26 Å². The fourth-order valence-corrected chi connectivity index (χ4v) is 2.26. The number of rotatable bonds is 7. The molecule has 1 atom stereocenters. The smallest absolute Gasteiger partial charge is 0.140 e. The first-order valence-corrected chi connectivity index (χ1v) is 7.07. The summed E-state index contributed by atoms with van der Waals surface area (Å²) >= 11 is 5.88. The summed E-state index contributed by atoms with van der Waals surface area (Å²) in [4.78, 5) is 12.3. The molecule has 0 aliphatic heterocycles. The van der Waals surface area contributed by atoms with Crippen LogP contribution in [0.25, 0.3) is 0 Å². The Morgan fingerprint density at radius 1 is 1.32 bits per heavy atom. The molecule has 1 aromatic carbocycles. The highest BCUT2D eigenvalue weighted by Crippen LogP contribution is 2.27. The third kappa shape index (κ3) is 5.44. The Morgan fingerprint density at radius 2 is 1.95 bits per heavy atom. The number of unbranched alkanes of at least 4 members (excludes halogenated alkanes) is 1. The van der Waals surface area contributed by atoms with Crippen LogP contribution >= 0.6 is 11.6 Å². The van der Waals surface area contributed by atoms with Crippen LogP contribution < -0.4 is 0 Å². The van der Waals surface area contributed by atoms with Crippen molar-refractivity contribution >= 4 is 17.4 Å². The molecular weight excluding hydrogens is 258 g/mol. The SMILES string of the molecule is CC(C)CC(=O)C(CCCC#N)c1ccc(Cl)cc1. The van der Waals surface area contributed by atoms with Gasteiger partial charge in [-0.1, -0.05) is 37.6 Å². The fraction of sp³-hybridized carbons (Fsp3) is 0.500. The maximum absolute atomic E-state index is 12.3. The number of halogens is 1. The number of nitrogens with zero attached hydrogens (tertiary/aromatic N) is 1. The largest absolute Gasteiger partial charge is 0.299 e. The van der Waals surface area contributed by atoms with Gasteiger partial charge in [0, 0.05) is 23.8 Å². The van der Waals surface area contributed by atoms with Gasteiger partial charge in [-0.3, -0.25) is 4.79 Å². The van der Waals surface area contributed by atoms with E-state index in [4.69, 9.17) is 16.9 Å². The zero-order valence-electron chi connectivity index (χ0n) is 11.5. The fourth-order valence-electron chi connectivity index (χ4n) is 2.14. The maximum Gasteiger partial charge on any atom is 0.140 e. The average molecular weight is 278 g/mol. The summed E-state index contributed by atoms with van der Waals surface area (Å²) in [6.45, 7) is 4.10. The molecular formula is C16H20ClNO. The molecule has 0 heterocycles. The second-order valence-electron chi connectivity index (χ2n) is 5.22. The number of benzene rings is 1. The van der Waals surface area contributed by atoms with Gasteiger partial charge in [0.25, 0.3) is 0 Å². The minimum absolute atomic E-state index is 0.104. The van der Waals surface area contributed by atoms with Crippen molar-refractivity contribution in [3.8, 4) is 6.07 Å². The number of carbonyl (C=O) groups excluding carboxylic acids is 1. The monoisotopic (exact) mass is 277 g/mol. The van der Waals surface area contributed by atoms with Crippen LogP contribution in [0.15, 0.2) is 24.3 Å². The normalized spacial score (nSPS) is 12.2. The molecule has 19 heavy (non-hydrogen) atoms. The van der Waals surface area contributed by atoms with E-state index in [1.165, 1.54) is 0 Å². The van der Waals surface area contributed by atoms with Crippen LogP contribution in [0, 0.1) is 17.2 Å². The highest BCUT2D eigenvalue weighted by Gasteiger charge is 2.20. The summed E-state index contributed by atoms with van der Waals surface area (Å²) < 4.78 is 0. The molecule has 0 aliphatic carbocycles. The highest BCUT2D eigenvalue weighted by atomic mass is 35.5. The van der Waals surface area contributed by atoms with Crippen LogP contribution in [0.2, 0.25) is 5.02 Å². The summed E-state index contributed by atoms with van der Waals surface area (Å²) in [6, 6.07) is 9.59. The summed E-state index contributed by atoms with van der Waals surface area (Å²) in [7, 11) is 0. The van der Waals surface area contributed by atoms with Gasteiger partial charge >= 0.3 is 0 Å². The number of nitriles is 1. The van der Waals surface area contributed by atoms with E-state index >= 15 is 0 Å². The van der Waals surface area contributed by atoms with Crippen molar-refractivity contribution in [2.24, 2.45) is 5.92 Å². The number of ketones is 1. The van der Waals surface area contributed by atoms with Crippen LogP contribution in [0.3, 0.4) is 0 Å². The van der Waals surface area contributed by atoms with E-state index in [1.807, 2.05) is 38.1 Å². The Bertz CT molecular complexity index is 445. The molecule has 102 valence electrons. The zero-order valence-corrected chi connectivity index (χ0v) is 12.3. The Hall–Kier alpha value is -1.33. The third-order valence-corrected chi connectivity index (χ3v) is 3.30. The highest BCUT2D eigenvalue weighted by molar-refractivity contribution is 6.30. The first-order valence-electron chi connectivity index (χ1n) is 6.69. The molecule has 0 aromatic heterocycles. The van der Waals surface area contributed by atoms with Crippen LogP contribution in [0.5, 0.6) is 0 Å². The molecule has 0 aliphatic rings. The van der Waals surface area contributed by atoms with Crippen molar-refractivity contribution in [3.05, 3.63) is 34.9 Å². The van der Waals surface area contributed by atoms with E-state index in [2.05, 4.69) is 6.07 Å². The molecule has 0 amide bonds. The lowest BCUT2D eigenvalue weighted by atomic mass is 9.86. The lowest BCUT2D eigenvalue weighted by Gasteiger charge is -2.17. The van der Waals surface area contributed by atoms with E-state index < -0.39 is 0 Å². The van der Waals surface area contributed by atoms with E-state index in [0.717, 1.165) is 18.4 Å². The molecule has 0 fully saturated rings. The molecule has 1 aromatic rings. The molecule has 1 rings (SSSR count). The van der Waals surface area contributed by atoms with Gasteiger partial charge in [0.2, 0.25) is 0 Å². The first kappa shape index (κ1) is 15.7. The minimum Gasteiger partial charge on any atom is -0.299 e. The number of carbonyl (C=O) groups is 1. The van der Waals surface area contributed by atoms with E-state index in [9.17, 15) is 4.79 Å². The predicted octanol–water partition coefficient (Wildman–Crippen LogP) is 4.73. The minimum atomic E-state index is -0.104. The summed E-state index contributed by atoms with van der Waals surface area (Å²) in [6.07, 6.45) is 2.58. The molecule has 1 unspecified atom stereocenters. The Morgan fingerprint density at radius 3 is 2.47 bits per heavy atom. The lowest BCUT2D eigenvalue weighted by molar-refractivity contribution is -0.121. The Balaban J connectivity index is 2.82. The lowest BCUT2D eigenvalue weighted by Crippen LogP contribution is -2.15. The van der Waals surface area contributed by atoms with E-state index in [-0.39, 0.29) is 11.7 Å².